The van der Waals surface area contributed by atoms with Crippen LogP contribution < -0.4 is 21.1 Å². The highest BCUT2D eigenvalue weighted by molar-refractivity contribution is 7.89. The van der Waals surface area contributed by atoms with Gasteiger partial charge in [-0.05, 0) is 72.6 Å². The van der Waals surface area contributed by atoms with E-state index in [0.717, 1.165) is 0 Å². The number of sulfonamides is 1. The number of carbonyl (C=O) groups excluding carboxylic acids is 4. The first-order valence-electron chi connectivity index (χ1n) is 17.6. The minimum absolute atomic E-state index is 0.0140. The van der Waals surface area contributed by atoms with Crippen molar-refractivity contribution in [2.75, 3.05) is 76.7 Å². The molecule has 0 aromatic heterocycles. The Labute approximate surface area is 321 Å². The van der Waals surface area contributed by atoms with Crippen molar-refractivity contribution in [2.24, 2.45) is 5.14 Å². The number of primary sulfonamides is 1. The number of hydrogen-bond donors (Lipinski definition) is 4. The van der Waals surface area contributed by atoms with Gasteiger partial charge < -0.3 is 39.6 Å². The lowest BCUT2D eigenvalue weighted by atomic mass is 10.0. The maximum atomic E-state index is 13.0. The molecule has 0 saturated heterocycles. The SMILES string of the molecule is C#CCOCCOCCOCCOCCOCCC(=O)Nc1ccc(C(=O)c2ccc(NC(=O)CCCC(=O)NCc3ccc(S(N)(=O)=O)cc3)cc2)cc1. The minimum atomic E-state index is -3.79. The van der Waals surface area contributed by atoms with E-state index < -0.39 is 10.0 Å². The molecular formula is C39H48N4O11S. The number of nitrogens with two attached hydrogens (primary N) is 1. The molecule has 0 unspecified atom stereocenters. The fourth-order valence-electron chi connectivity index (χ4n) is 4.69. The van der Waals surface area contributed by atoms with Gasteiger partial charge in [-0.1, -0.05) is 18.1 Å². The number of ether oxygens (including phenoxy) is 5. The molecule has 0 radical (unpaired) electrons. The lowest BCUT2D eigenvalue weighted by Gasteiger charge is -2.09. The fourth-order valence-corrected chi connectivity index (χ4v) is 5.21. The summed E-state index contributed by atoms with van der Waals surface area (Å²) < 4.78 is 49.4. The second kappa shape index (κ2) is 25.2. The molecule has 0 fully saturated rings. The lowest BCUT2D eigenvalue weighted by Crippen LogP contribution is -2.23. The average molecular weight is 781 g/mol. The van der Waals surface area contributed by atoms with Crippen molar-refractivity contribution in [3.8, 4) is 12.3 Å². The van der Waals surface area contributed by atoms with Gasteiger partial charge in [0.1, 0.15) is 6.61 Å². The van der Waals surface area contributed by atoms with Crippen LogP contribution in [-0.2, 0) is 54.6 Å². The third-order valence-corrected chi connectivity index (χ3v) is 8.49. The lowest BCUT2D eigenvalue weighted by molar-refractivity contribution is -0.121. The minimum Gasteiger partial charge on any atom is -0.379 e. The molecule has 16 heteroatoms. The largest absolute Gasteiger partial charge is 0.379 e. The Kier molecular flexibility index (Phi) is 20.3. The Bertz CT molecular complexity index is 1800. The molecule has 55 heavy (non-hydrogen) atoms. The summed E-state index contributed by atoms with van der Waals surface area (Å²) in [6.07, 6.45) is 5.80. The molecule has 0 aliphatic heterocycles. The number of carbonyl (C=O) groups is 4. The first kappa shape index (κ1) is 44.4. The van der Waals surface area contributed by atoms with Gasteiger partial charge in [-0.3, -0.25) is 19.2 Å². The zero-order chi connectivity index (χ0) is 39.7. The third kappa shape index (κ3) is 18.7. The van der Waals surface area contributed by atoms with E-state index in [2.05, 4.69) is 21.9 Å². The van der Waals surface area contributed by atoms with Gasteiger partial charge in [0.25, 0.3) is 0 Å². The fraction of sp³-hybridized carbons (Fsp3) is 0.385. The topological polar surface area (TPSA) is 211 Å². The van der Waals surface area contributed by atoms with Crippen LogP contribution in [0.15, 0.2) is 77.7 Å². The van der Waals surface area contributed by atoms with Crippen molar-refractivity contribution < 1.29 is 51.3 Å². The zero-order valence-electron chi connectivity index (χ0n) is 30.6. The first-order valence-corrected chi connectivity index (χ1v) is 19.1. The summed E-state index contributed by atoms with van der Waals surface area (Å²) in [5.41, 5.74) is 2.60. The Hall–Kier alpha value is -4.99. The van der Waals surface area contributed by atoms with Crippen LogP contribution in [-0.4, -0.2) is 98.0 Å². The molecule has 296 valence electrons. The number of rotatable bonds is 27. The summed E-state index contributed by atoms with van der Waals surface area (Å²) in [7, 11) is -3.79. The smallest absolute Gasteiger partial charge is 0.238 e. The third-order valence-electron chi connectivity index (χ3n) is 7.56. The molecule has 0 bridgehead atoms. The van der Waals surface area contributed by atoms with E-state index in [9.17, 15) is 27.6 Å². The van der Waals surface area contributed by atoms with E-state index in [4.69, 9.17) is 35.2 Å². The molecule has 5 N–H and O–H groups in total. The summed E-state index contributed by atoms with van der Waals surface area (Å²) in [5.74, 6) is 1.40. The highest BCUT2D eigenvalue weighted by atomic mass is 32.2. The van der Waals surface area contributed by atoms with Gasteiger partial charge >= 0.3 is 0 Å². The van der Waals surface area contributed by atoms with Gasteiger partial charge in [-0.15, -0.1) is 6.42 Å². The average Bonchev–Trinajstić information content (AvgIpc) is 3.17. The van der Waals surface area contributed by atoms with E-state index in [1.54, 1.807) is 60.7 Å². The van der Waals surface area contributed by atoms with E-state index in [0.29, 0.717) is 87.3 Å². The van der Waals surface area contributed by atoms with Crippen molar-refractivity contribution in [3.05, 3.63) is 89.5 Å². The molecule has 0 aliphatic carbocycles. The second-order valence-electron chi connectivity index (χ2n) is 11.9. The van der Waals surface area contributed by atoms with Gasteiger partial charge in [0, 0.05) is 41.9 Å². The number of benzene rings is 3. The molecule has 15 nitrogen and oxygen atoms in total. The number of hydrogen-bond acceptors (Lipinski definition) is 11. The van der Waals surface area contributed by atoms with Crippen LogP contribution in [0.4, 0.5) is 11.4 Å². The van der Waals surface area contributed by atoms with Crippen molar-refractivity contribution >= 4 is 44.9 Å². The molecule has 3 aromatic carbocycles. The van der Waals surface area contributed by atoms with Gasteiger partial charge in [-0.2, -0.15) is 0 Å². The van der Waals surface area contributed by atoms with E-state index in [1.807, 2.05) is 0 Å². The molecule has 3 amide bonds. The maximum absolute atomic E-state index is 13.0. The Morgan fingerprint density at radius 1 is 0.582 bits per heavy atom. The van der Waals surface area contributed by atoms with Gasteiger partial charge in [0.05, 0.1) is 70.8 Å². The van der Waals surface area contributed by atoms with Gasteiger partial charge in [0.2, 0.25) is 27.7 Å². The molecule has 0 aliphatic rings. The number of nitrogens with one attached hydrogen (secondary N) is 3. The highest BCUT2D eigenvalue weighted by Gasteiger charge is 2.12. The summed E-state index contributed by atoms with van der Waals surface area (Å²) in [6, 6.07) is 18.9. The molecule has 0 saturated carbocycles. The first-order chi connectivity index (χ1) is 26.5. The second-order valence-corrected chi connectivity index (χ2v) is 13.4. The Morgan fingerprint density at radius 2 is 1.02 bits per heavy atom. The molecule has 0 atom stereocenters. The quantitative estimate of drug-likeness (QED) is 0.0502. The van der Waals surface area contributed by atoms with E-state index >= 15 is 0 Å². The number of terminal acetylenes is 1. The maximum Gasteiger partial charge on any atom is 0.238 e. The van der Waals surface area contributed by atoms with Crippen LogP contribution in [0.1, 0.15) is 47.2 Å². The molecule has 3 rings (SSSR count). The predicted octanol–water partition coefficient (Wildman–Crippen LogP) is 3.04. The summed E-state index contributed by atoms with van der Waals surface area (Å²) in [6.45, 7) is 4.08. The monoisotopic (exact) mass is 780 g/mol. The highest BCUT2D eigenvalue weighted by Crippen LogP contribution is 2.17. The van der Waals surface area contributed by atoms with Gasteiger partial charge in [-0.25, -0.2) is 13.6 Å². The summed E-state index contributed by atoms with van der Waals surface area (Å²) in [5, 5.41) is 13.3. The normalized spacial score (nSPS) is 11.1. The van der Waals surface area contributed by atoms with Crippen molar-refractivity contribution in [2.45, 2.75) is 37.1 Å². The number of anilines is 2. The predicted molar refractivity (Wildman–Crippen MR) is 205 cm³/mol. The summed E-state index contributed by atoms with van der Waals surface area (Å²) in [4.78, 5) is 49.9. The van der Waals surface area contributed by atoms with Crippen LogP contribution in [0.5, 0.6) is 0 Å². The Balaban J connectivity index is 1.23. The molecule has 3 aromatic rings. The standard InChI is InChI=1S/C39H48N4O11S/c1-2-19-50-21-23-52-25-27-54-28-26-53-24-22-51-20-18-38(46)43-34-14-10-32(11-15-34)39(47)31-8-12-33(13-9-31)42-37(45)5-3-4-36(44)41-29-30-6-16-35(17-7-30)55(40,48)49/h1,6-17H,3-5,18-29H2,(H,41,44)(H,42,45)(H,43,46)(H2,40,48,49). The van der Waals surface area contributed by atoms with E-state index in [-0.39, 0.29) is 67.4 Å². The summed E-state index contributed by atoms with van der Waals surface area (Å²) >= 11 is 0. The van der Waals surface area contributed by atoms with Gasteiger partial charge in [0.15, 0.2) is 5.78 Å². The molecule has 0 heterocycles. The molecular weight excluding hydrogens is 733 g/mol. The Morgan fingerprint density at radius 3 is 1.49 bits per heavy atom. The zero-order valence-corrected chi connectivity index (χ0v) is 31.4. The number of ketones is 1. The van der Waals surface area contributed by atoms with Crippen molar-refractivity contribution in [1.82, 2.24) is 5.32 Å². The van der Waals surface area contributed by atoms with Crippen molar-refractivity contribution in [3.63, 3.8) is 0 Å². The molecule has 0 spiro atoms. The van der Waals surface area contributed by atoms with Crippen LogP contribution in [0, 0.1) is 12.3 Å². The van der Waals surface area contributed by atoms with Crippen LogP contribution >= 0.6 is 0 Å². The van der Waals surface area contributed by atoms with Crippen molar-refractivity contribution in [1.29, 1.82) is 0 Å². The van der Waals surface area contributed by atoms with E-state index in [1.165, 1.54) is 12.1 Å². The van der Waals surface area contributed by atoms with Crippen LogP contribution in [0.2, 0.25) is 0 Å². The van der Waals surface area contributed by atoms with Crippen LogP contribution in [0.3, 0.4) is 0 Å². The number of amides is 3. The van der Waals surface area contributed by atoms with Crippen LogP contribution in [0.25, 0.3) is 0 Å².